The van der Waals surface area contributed by atoms with Gasteiger partial charge in [-0.25, -0.2) is 0 Å². The van der Waals surface area contributed by atoms with Crippen molar-refractivity contribution >= 4 is 11.6 Å². The number of hydrogen-bond donors (Lipinski definition) is 3. The highest BCUT2D eigenvalue weighted by Crippen LogP contribution is 2.32. The molecular formula is C20H30O5. The smallest absolute Gasteiger partial charge is 0.177 e. The van der Waals surface area contributed by atoms with Crippen LogP contribution in [0.3, 0.4) is 0 Å². The van der Waals surface area contributed by atoms with Crippen LogP contribution in [0.4, 0.5) is 0 Å². The Morgan fingerprint density at radius 2 is 1.28 bits per heavy atom. The van der Waals surface area contributed by atoms with E-state index < -0.39 is 17.3 Å². The number of rotatable bonds is 13. The Morgan fingerprint density at radius 1 is 0.800 bits per heavy atom. The Kier molecular flexibility index (Phi) is 9.66. The van der Waals surface area contributed by atoms with Crippen molar-refractivity contribution in [3.63, 3.8) is 0 Å². The van der Waals surface area contributed by atoms with Crippen LogP contribution < -0.4 is 0 Å². The molecule has 0 bridgehead atoms. The molecule has 1 aromatic carbocycles. The second kappa shape index (κ2) is 11.5. The molecular weight excluding hydrogens is 320 g/mol. The molecule has 0 amide bonds. The van der Waals surface area contributed by atoms with Crippen molar-refractivity contribution in [2.75, 3.05) is 0 Å². The van der Waals surface area contributed by atoms with Gasteiger partial charge in [0.2, 0.25) is 0 Å². The molecule has 0 atom stereocenters. The third-order valence-electron chi connectivity index (χ3n) is 4.28. The highest BCUT2D eigenvalue weighted by Gasteiger charge is 2.20. The summed E-state index contributed by atoms with van der Waals surface area (Å²) in [6.07, 6.45) is 10.4. The summed E-state index contributed by atoms with van der Waals surface area (Å²) in [6.45, 7) is 2.20. The lowest BCUT2D eigenvalue weighted by molar-refractivity contribution is -0.118. The van der Waals surface area contributed by atoms with E-state index in [1.165, 1.54) is 38.5 Å². The lowest BCUT2D eigenvalue weighted by Gasteiger charge is -2.07. The zero-order chi connectivity index (χ0) is 18.7. The molecule has 5 heteroatoms. The van der Waals surface area contributed by atoms with Gasteiger partial charge in [0.15, 0.2) is 5.78 Å². The summed E-state index contributed by atoms with van der Waals surface area (Å²) >= 11 is 0. The van der Waals surface area contributed by atoms with Gasteiger partial charge in [0.25, 0.3) is 0 Å². The maximum Gasteiger partial charge on any atom is 0.177 e. The van der Waals surface area contributed by atoms with Crippen LogP contribution in [0.5, 0.6) is 17.2 Å². The number of phenolic OH excluding ortho intramolecular Hbond substituents is 3. The monoisotopic (exact) mass is 350 g/mol. The van der Waals surface area contributed by atoms with E-state index in [0.29, 0.717) is 6.42 Å². The molecule has 0 aromatic heterocycles. The fourth-order valence-electron chi connectivity index (χ4n) is 2.87. The molecule has 0 aliphatic heterocycles. The molecule has 1 aromatic rings. The molecule has 0 unspecified atom stereocenters. The van der Waals surface area contributed by atoms with Crippen LogP contribution in [0.25, 0.3) is 0 Å². The van der Waals surface area contributed by atoms with Crippen molar-refractivity contribution in [1.29, 1.82) is 0 Å². The van der Waals surface area contributed by atoms with E-state index in [4.69, 9.17) is 0 Å². The molecule has 5 nitrogen and oxygen atoms in total. The maximum absolute atomic E-state index is 12.0. The van der Waals surface area contributed by atoms with Gasteiger partial charge in [-0.3, -0.25) is 9.59 Å². The van der Waals surface area contributed by atoms with Gasteiger partial charge in [0, 0.05) is 18.6 Å². The van der Waals surface area contributed by atoms with Gasteiger partial charge in [0.05, 0.1) is 6.42 Å². The number of Topliss-reactive ketones (excluding diaryl/α,β-unsaturated/α-hetero) is 2. The van der Waals surface area contributed by atoms with Crippen molar-refractivity contribution in [2.24, 2.45) is 0 Å². The lowest BCUT2D eigenvalue weighted by atomic mass is 10.00. The van der Waals surface area contributed by atoms with Crippen LogP contribution >= 0.6 is 0 Å². The summed E-state index contributed by atoms with van der Waals surface area (Å²) < 4.78 is 0. The second-order valence-corrected chi connectivity index (χ2v) is 6.58. The first-order valence-electron chi connectivity index (χ1n) is 9.25. The van der Waals surface area contributed by atoms with E-state index in [0.717, 1.165) is 31.4 Å². The van der Waals surface area contributed by atoms with Crippen LogP contribution in [0.15, 0.2) is 12.1 Å². The summed E-state index contributed by atoms with van der Waals surface area (Å²) in [6, 6.07) is 1.94. The first-order chi connectivity index (χ1) is 12.0. The minimum Gasteiger partial charge on any atom is -0.508 e. The van der Waals surface area contributed by atoms with Crippen molar-refractivity contribution in [2.45, 2.75) is 77.6 Å². The van der Waals surface area contributed by atoms with Crippen molar-refractivity contribution in [1.82, 2.24) is 0 Å². The van der Waals surface area contributed by atoms with Gasteiger partial charge < -0.3 is 15.3 Å². The molecule has 0 fully saturated rings. The summed E-state index contributed by atoms with van der Waals surface area (Å²) in [7, 11) is 0. The maximum atomic E-state index is 12.0. The van der Waals surface area contributed by atoms with E-state index in [2.05, 4.69) is 6.92 Å². The Labute approximate surface area is 149 Å². The first kappa shape index (κ1) is 21.0. The van der Waals surface area contributed by atoms with Gasteiger partial charge >= 0.3 is 0 Å². The molecule has 0 aliphatic carbocycles. The van der Waals surface area contributed by atoms with Crippen LogP contribution in [-0.4, -0.2) is 26.9 Å². The summed E-state index contributed by atoms with van der Waals surface area (Å²) in [5.41, 5.74) is -0.307. The molecule has 140 valence electrons. The molecule has 0 radical (unpaired) electrons. The van der Waals surface area contributed by atoms with E-state index in [1.807, 2.05) is 0 Å². The van der Waals surface area contributed by atoms with Gasteiger partial charge in [-0.1, -0.05) is 58.3 Å². The normalized spacial score (nSPS) is 10.8. The summed E-state index contributed by atoms with van der Waals surface area (Å²) in [5, 5.41) is 28.5. The van der Waals surface area contributed by atoms with Crippen molar-refractivity contribution in [3.05, 3.63) is 17.7 Å². The minimum absolute atomic E-state index is 0.195. The number of benzene rings is 1. The van der Waals surface area contributed by atoms with E-state index >= 15 is 0 Å². The molecule has 25 heavy (non-hydrogen) atoms. The van der Waals surface area contributed by atoms with Crippen LogP contribution in [-0.2, 0) is 4.79 Å². The molecule has 3 N–H and O–H groups in total. The fourth-order valence-corrected chi connectivity index (χ4v) is 2.87. The number of hydrogen-bond acceptors (Lipinski definition) is 5. The van der Waals surface area contributed by atoms with E-state index in [-0.39, 0.29) is 23.5 Å². The lowest BCUT2D eigenvalue weighted by Crippen LogP contribution is -2.08. The van der Waals surface area contributed by atoms with Crippen molar-refractivity contribution < 1.29 is 24.9 Å². The summed E-state index contributed by atoms with van der Waals surface area (Å²) in [5.74, 6) is -2.19. The molecule has 0 spiro atoms. The van der Waals surface area contributed by atoms with Gasteiger partial charge in [-0.15, -0.1) is 0 Å². The van der Waals surface area contributed by atoms with Gasteiger partial charge in [-0.2, -0.15) is 0 Å². The van der Waals surface area contributed by atoms with E-state index in [1.54, 1.807) is 0 Å². The zero-order valence-corrected chi connectivity index (χ0v) is 15.1. The number of phenols is 3. The fraction of sp³-hybridized carbons (Fsp3) is 0.600. The number of unbranched alkanes of at least 4 members (excludes halogenated alkanes) is 8. The molecule has 0 aliphatic rings. The molecule has 0 heterocycles. The molecule has 0 saturated carbocycles. The third kappa shape index (κ3) is 8.05. The topological polar surface area (TPSA) is 94.8 Å². The Bertz CT molecular complexity index is 542. The number of aromatic hydroxyl groups is 3. The van der Waals surface area contributed by atoms with Gasteiger partial charge in [0.1, 0.15) is 28.6 Å². The van der Waals surface area contributed by atoms with Crippen molar-refractivity contribution in [3.8, 4) is 17.2 Å². The SMILES string of the molecule is CCCCCCCCCCCC(=O)CC(=O)c1c(O)cc(O)cc1O. The predicted octanol–water partition coefficient (Wildman–Crippen LogP) is 4.87. The largest absolute Gasteiger partial charge is 0.508 e. The first-order valence-corrected chi connectivity index (χ1v) is 9.25. The molecule has 0 saturated heterocycles. The highest BCUT2D eigenvalue weighted by atomic mass is 16.3. The summed E-state index contributed by atoms with van der Waals surface area (Å²) in [4.78, 5) is 23.9. The Morgan fingerprint density at radius 3 is 1.80 bits per heavy atom. The Balaban J connectivity index is 2.23. The average molecular weight is 350 g/mol. The average Bonchev–Trinajstić information content (AvgIpc) is 2.52. The van der Waals surface area contributed by atoms with Crippen LogP contribution in [0, 0.1) is 0 Å². The number of carbonyl (C=O) groups is 2. The molecule has 1 rings (SSSR count). The number of ketones is 2. The third-order valence-corrected chi connectivity index (χ3v) is 4.28. The zero-order valence-electron chi connectivity index (χ0n) is 15.1. The minimum atomic E-state index is -0.629. The predicted molar refractivity (Wildman–Crippen MR) is 97.2 cm³/mol. The van der Waals surface area contributed by atoms with Gasteiger partial charge in [-0.05, 0) is 6.42 Å². The number of carbonyl (C=O) groups excluding carboxylic acids is 2. The second-order valence-electron chi connectivity index (χ2n) is 6.58. The quantitative estimate of drug-likeness (QED) is 0.268. The van der Waals surface area contributed by atoms with Crippen LogP contribution in [0.1, 0.15) is 87.9 Å². The highest BCUT2D eigenvalue weighted by molar-refractivity contribution is 6.10. The van der Waals surface area contributed by atoms with E-state index in [9.17, 15) is 24.9 Å². The Hall–Kier alpha value is -2.04. The van der Waals surface area contributed by atoms with Crippen LogP contribution in [0.2, 0.25) is 0 Å². The standard InChI is InChI=1S/C20H30O5/c1-2-3-4-5-6-7-8-9-10-11-15(21)12-17(23)20-18(24)13-16(22)14-19(20)25/h13-14,22,24-25H,2-12H2,1H3.